The van der Waals surface area contributed by atoms with Gasteiger partial charge in [0.1, 0.15) is 23.6 Å². The zero-order chi connectivity index (χ0) is 25.4. The fourth-order valence-electron chi connectivity index (χ4n) is 5.58. The summed E-state index contributed by atoms with van der Waals surface area (Å²) in [6.45, 7) is 3.34. The van der Waals surface area contributed by atoms with Crippen LogP contribution in [0.3, 0.4) is 0 Å². The van der Waals surface area contributed by atoms with E-state index in [1.165, 1.54) is 11.9 Å². The molecular weight excluding hydrogens is 472 g/mol. The molecule has 0 radical (unpaired) electrons. The number of aromatic hydroxyl groups is 1. The van der Waals surface area contributed by atoms with Crippen LogP contribution in [0.1, 0.15) is 40.2 Å². The van der Waals surface area contributed by atoms with Crippen LogP contribution < -0.4 is 10.2 Å². The molecule has 0 saturated carbocycles. The highest BCUT2D eigenvalue weighted by atomic mass is 16.3. The van der Waals surface area contributed by atoms with Gasteiger partial charge < -0.3 is 25.1 Å². The maximum atomic E-state index is 13.2. The summed E-state index contributed by atoms with van der Waals surface area (Å²) in [5.74, 6) is 0.868. The number of nitrogens with zero attached hydrogens (tertiary/aromatic N) is 6. The minimum atomic E-state index is -0.0998. The van der Waals surface area contributed by atoms with E-state index in [1.54, 1.807) is 24.3 Å². The number of hydrogen-bond acceptors (Lipinski definition) is 7. The summed E-state index contributed by atoms with van der Waals surface area (Å²) >= 11 is 0. The van der Waals surface area contributed by atoms with Crippen LogP contribution in [0.2, 0.25) is 0 Å². The molecule has 3 N–H and O–H groups in total. The van der Waals surface area contributed by atoms with Crippen LogP contribution in [-0.2, 0) is 19.3 Å². The Labute approximate surface area is 214 Å². The van der Waals surface area contributed by atoms with Crippen molar-refractivity contribution in [2.75, 3.05) is 42.9 Å². The van der Waals surface area contributed by atoms with Crippen molar-refractivity contribution in [3.63, 3.8) is 0 Å². The van der Waals surface area contributed by atoms with E-state index in [4.69, 9.17) is 0 Å². The Morgan fingerprint density at radius 3 is 2.65 bits per heavy atom. The first-order valence-electron chi connectivity index (χ1n) is 12.8. The maximum absolute atomic E-state index is 13.2. The van der Waals surface area contributed by atoms with Gasteiger partial charge in [0.15, 0.2) is 0 Å². The van der Waals surface area contributed by atoms with E-state index >= 15 is 0 Å². The number of aromatic amines is 1. The lowest BCUT2D eigenvalue weighted by molar-refractivity contribution is 0.0756. The highest BCUT2D eigenvalue weighted by molar-refractivity contribution is 5.93. The number of piperidine rings is 1. The van der Waals surface area contributed by atoms with Crippen molar-refractivity contribution in [2.24, 2.45) is 0 Å². The van der Waals surface area contributed by atoms with Crippen LogP contribution in [0, 0.1) is 0 Å². The largest absolute Gasteiger partial charge is 0.508 e. The first kappa shape index (κ1) is 23.3. The molecule has 1 fully saturated rings. The van der Waals surface area contributed by atoms with E-state index in [1.807, 2.05) is 16.0 Å². The van der Waals surface area contributed by atoms with Crippen molar-refractivity contribution in [2.45, 2.75) is 38.1 Å². The average Bonchev–Trinajstić information content (AvgIpc) is 3.19. The Hall–Kier alpha value is -4.15. The first-order chi connectivity index (χ1) is 18.0. The number of carbonyl (C=O) groups is 2. The second-order valence-electron chi connectivity index (χ2n) is 9.86. The summed E-state index contributed by atoms with van der Waals surface area (Å²) in [4.78, 5) is 40.8. The fourth-order valence-corrected chi connectivity index (χ4v) is 5.58. The molecule has 0 spiro atoms. The van der Waals surface area contributed by atoms with Gasteiger partial charge in [0.05, 0.1) is 6.20 Å². The second-order valence-corrected chi connectivity index (χ2v) is 9.86. The molecule has 192 valence electrons. The standard InChI is InChI=1S/C26H30N8O3/c35-20-1-2-21-17(13-20)4-12-34(26(37)30-21)19-5-9-32(10-6-19)24-14-23(27-16-28-24)25(36)33-8-3-18-15-29-31-22(18)7-11-33/h1-2,13-16,19,35H,3-12H2,(H,29,31)(H,30,37). The van der Waals surface area contributed by atoms with Gasteiger partial charge in [0.25, 0.3) is 5.91 Å². The number of anilines is 2. The third-order valence-electron chi connectivity index (χ3n) is 7.69. The van der Waals surface area contributed by atoms with Gasteiger partial charge in [0.2, 0.25) is 0 Å². The predicted molar refractivity (Wildman–Crippen MR) is 137 cm³/mol. The van der Waals surface area contributed by atoms with Gasteiger partial charge in [-0.2, -0.15) is 5.10 Å². The van der Waals surface area contributed by atoms with Crippen molar-refractivity contribution < 1.29 is 14.7 Å². The molecule has 5 heterocycles. The zero-order valence-electron chi connectivity index (χ0n) is 20.6. The molecule has 37 heavy (non-hydrogen) atoms. The van der Waals surface area contributed by atoms with Crippen LogP contribution >= 0.6 is 0 Å². The summed E-state index contributed by atoms with van der Waals surface area (Å²) in [5, 5.41) is 19.9. The van der Waals surface area contributed by atoms with E-state index in [2.05, 4.69) is 30.4 Å². The van der Waals surface area contributed by atoms with Crippen molar-refractivity contribution in [1.29, 1.82) is 0 Å². The minimum absolute atomic E-state index is 0.0801. The maximum Gasteiger partial charge on any atom is 0.322 e. The molecule has 1 aromatic carbocycles. The molecule has 3 amide bonds. The van der Waals surface area contributed by atoms with Gasteiger partial charge in [-0.05, 0) is 55.0 Å². The smallest absolute Gasteiger partial charge is 0.322 e. The lowest BCUT2D eigenvalue weighted by atomic mass is 10.0. The number of amides is 3. The number of benzene rings is 1. The van der Waals surface area contributed by atoms with Crippen molar-refractivity contribution in [3.05, 3.63) is 59.3 Å². The quantitative estimate of drug-likeness (QED) is 0.468. The molecular formula is C26H30N8O3. The Balaban J connectivity index is 1.08. The Kier molecular flexibility index (Phi) is 6.11. The molecule has 11 heteroatoms. The van der Waals surface area contributed by atoms with Crippen molar-refractivity contribution in [3.8, 4) is 5.75 Å². The molecule has 1 saturated heterocycles. The molecule has 3 aliphatic heterocycles. The van der Waals surface area contributed by atoms with Crippen LogP contribution in [0.15, 0.2) is 36.8 Å². The number of fused-ring (bicyclic) bond motifs is 2. The number of hydrogen-bond donors (Lipinski definition) is 3. The number of nitrogens with one attached hydrogen (secondary N) is 2. The van der Waals surface area contributed by atoms with Crippen LogP contribution in [0.4, 0.5) is 16.3 Å². The predicted octanol–water partition coefficient (Wildman–Crippen LogP) is 2.21. The third-order valence-corrected chi connectivity index (χ3v) is 7.69. The summed E-state index contributed by atoms with van der Waals surface area (Å²) in [6, 6.07) is 6.87. The van der Waals surface area contributed by atoms with E-state index in [0.29, 0.717) is 31.7 Å². The van der Waals surface area contributed by atoms with Crippen LogP contribution in [-0.4, -0.2) is 85.8 Å². The molecule has 0 atom stereocenters. The van der Waals surface area contributed by atoms with Crippen LogP contribution in [0.25, 0.3) is 0 Å². The molecule has 3 aromatic rings. The summed E-state index contributed by atoms with van der Waals surface area (Å²) in [6.07, 6.45) is 7.14. The summed E-state index contributed by atoms with van der Waals surface area (Å²) in [5.41, 5.74) is 4.38. The summed E-state index contributed by atoms with van der Waals surface area (Å²) < 4.78 is 0. The normalized spacial score (nSPS) is 18.5. The zero-order valence-corrected chi connectivity index (χ0v) is 20.6. The van der Waals surface area contributed by atoms with E-state index in [9.17, 15) is 14.7 Å². The molecule has 3 aliphatic rings. The molecule has 0 unspecified atom stereocenters. The molecule has 6 rings (SSSR count). The SMILES string of the molecule is O=C(c1cc(N2CCC(N3CCc4cc(O)ccc4NC3=O)CC2)ncn1)N1CCc2cn[nH]c2CC1. The third kappa shape index (κ3) is 4.68. The molecule has 11 nitrogen and oxygen atoms in total. The lowest BCUT2D eigenvalue weighted by Gasteiger charge is -2.38. The van der Waals surface area contributed by atoms with Gasteiger partial charge in [-0.1, -0.05) is 0 Å². The number of phenolic OH excluding ortho intramolecular Hbond substituents is 1. The summed E-state index contributed by atoms with van der Waals surface area (Å²) in [7, 11) is 0. The Morgan fingerprint density at radius 1 is 0.973 bits per heavy atom. The highest BCUT2D eigenvalue weighted by Crippen LogP contribution is 2.28. The molecule has 0 bridgehead atoms. The number of phenols is 1. The molecule has 2 aromatic heterocycles. The lowest BCUT2D eigenvalue weighted by Crippen LogP contribution is -2.49. The van der Waals surface area contributed by atoms with Gasteiger partial charge in [0, 0.05) is 62.6 Å². The first-order valence-corrected chi connectivity index (χ1v) is 12.8. The number of rotatable bonds is 3. The van der Waals surface area contributed by atoms with Gasteiger partial charge in [-0.25, -0.2) is 14.8 Å². The van der Waals surface area contributed by atoms with Gasteiger partial charge in [-0.15, -0.1) is 0 Å². The average molecular weight is 503 g/mol. The number of H-pyrrole nitrogens is 1. The van der Waals surface area contributed by atoms with E-state index < -0.39 is 0 Å². The van der Waals surface area contributed by atoms with Gasteiger partial charge in [-0.3, -0.25) is 9.89 Å². The number of aromatic nitrogens is 4. The van der Waals surface area contributed by atoms with Gasteiger partial charge >= 0.3 is 6.03 Å². The topological polar surface area (TPSA) is 131 Å². The monoisotopic (exact) mass is 502 g/mol. The number of carbonyl (C=O) groups excluding carboxylic acids is 2. The van der Waals surface area contributed by atoms with E-state index in [-0.39, 0.29) is 23.7 Å². The Bertz CT molecular complexity index is 1290. The van der Waals surface area contributed by atoms with Crippen molar-refractivity contribution >= 4 is 23.4 Å². The highest BCUT2D eigenvalue weighted by Gasteiger charge is 2.31. The van der Waals surface area contributed by atoms with E-state index in [0.717, 1.165) is 61.5 Å². The fraction of sp³-hybridized carbons (Fsp3) is 0.423. The van der Waals surface area contributed by atoms with Crippen LogP contribution in [0.5, 0.6) is 5.75 Å². The van der Waals surface area contributed by atoms with Crippen molar-refractivity contribution in [1.82, 2.24) is 30.0 Å². The molecule has 0 aliphatic carbocycles. The second kappa shape index (κ2) is 9.72. The Morgan fingerprint density at radius 2 is 1.78 bits per heavy atom. The minimum Gasteiger partial charge on any atom is -0.508 e. The number of urea groups is 1.